The highest BCUT2D eigenvalue weighted by atomic mass is 35.5. The molecule has 0 aliphatic rings. The van der Waals surface area contributed by atoms with Crippen molar-refractivity contribution in [3.8, 4) is 0 Å². The van der Waals surface area contributed by atoms with Gasteiger partial charge < -0.3 is 0 Å². The Balaban J connectivity index is 1.53. The monoisotopic (exact) mass is 348 g/mol. The number of amides is 1. The molecule has 0 unspecified atom stereocenters. The van der Waals surface area contributed by atoms with Crippen molar-refractivity contribution in [2.24, 2.45) is 0 Å². The first kappa shape index (κ1) is 16.1. The van der Waals surface area contributed by atoms with Crippen LogP contribution in [-0.4, -0.2) is 30.5 Å². The minimum absolute atomic E-state index is 0.176. The Labute approximate surface area is 142 Å². The van der Waals surface area contributed by atoms with E-state index in [4.69, 9.17) is 11.6 Å². The van der Waals surface area contributed by atoms with Gasteiger partial charge in [0, 0.05) is 24.7 Å². The summed E-state index contributed by atoms with van der Waals surface area (Å²) in [6, 6.07) is 6.43. The summed E-state index contributed by atoms with van der Waals surface area (Å²) in [6.45, 7) is 0.635. The molecule has 0 spiro atoms. The summed E-state index contributed by atoms with van der Waals surface area (Å²) in [6.07, 6.45) is 4.79. The molecule has 0 saturated carbocycles. The number of halogens is 2. The van der Waals surface area contributed by atoms with E-state index in [1.165, 1.54) is 23.3 Å². The van der Waals surface area contributed by atoms with Gasteiger partial charge in [-0.2, -0.15) is 5.10 Å². The van der Waals surface area contributed by atoms with Gasteiger partial charge in [0.2, 0.25) is 11.9 Å². The van der Waals surface area contributed by atoms with Gasteiger partial charge in [-0.25, -0.2) is 14.1 Å². The smallest absolute Gasteiger partial charge is 0.248 e. The topological polar surface area (TPSA) is 77.6 Å². The largest absolute Gasteiger partial charge is 0.293 e. The molecule has 1 amide bonds. The molecule has 0 atom stereocenters. The zero-order chi connectivity index (χ0) is 16.9. The SMILES string of the molecule is O=C(CCn1cc(Cl)cn1)Nc1ncn(Cc2ccccc2F)n1. The van der Waals surface area contributed by atoms with Crippen LogP contribution in [0.25, 0.3) is 0 Å². The van der Waals surface area contributed by atoms with Gasteiger partial charge in [0.25, 0.3) is 0 Å². The fourth-order valence-electron chi connectivity index (χ4n) is 2.09. The summed E-state index contributed by atoms with van der Waals surface area (Å²) >= 11 is 5.75. The van der Waals surface area contributed by atoms with Gasteiger partial charge in [0.05, 0.1) is 17.8 Å². The predicted molar refractivity (Wildman–Crippen MR) is 86.0 cm³/mol. The third kappa shape index (κ3) is 4.17. The highest BCUT2D eigenvalue weighted by Crippen LogP contribution is 2.09. The predicted octanol–water partition coefficient (Wildman–Crippen LogP) is 2.34. The first-order valence-electron chi connectivity index (χ1n) is 7.21. The normalized spacial score (nSPS) is 10.8. The van der Waals surface area contributed by atoms with E-state index in [1.807, 2.05) is 0 Å². The van der Waals surface area contributed by atoms with Gasteiger partial charge in [-0.1, -0.05) is 29.8 Å². The maximum atomic E-state index is 13.6. The number of nitrogens with zero attached hydrogens (tertiary/aromatic N) is 5. The lowest BCUT2D eigenvalue weighted by molar-refractivity contribution is -0.116. The highest BCUT2D eigenvalue weighted by Gasteiger charge is 2.09. The number of anilines is 1. The summed E-state index contributed by atoms with van der Waals surface area (Å²) in [4.78, 5) is 15.9. The Bertz CT molecular complexity index is 846. The van der Waals surface area contributed by atoms with Crippen molar-refractivity contribution in [1.82, 2.24) is 24.5 Å². The Morgan fingerprint density at radius 1 is 1.29 bits per heavy atom. The van der Waals surface area contributed by atoms with E-state index in [0.29, 0.717) is 17.1 Å². The van der Waals surface area contributed by atoms with Crippen molar-refractivity contribution < 1.29 is 9.18 Å². The second-order valence-corrected chi connectivity index (χ2v) is 5.51. The van der Waals surface area contributed by atoms with Gasteiger partial charge in [-0.3, -0.25) is 14.8 Å². The average molecular weight is 349 g/mol. The Kier molecular flexibility index (Phi) is 4.85. The third-order valence-electron chi connectivity index (χ3n) is 3.25. The molecule has 1 aromatic carbocycles. The number of rotatable bonds is 6. The molecular formula is C15H14ClFN6O. The van der Waals surface area contributed by atoms with Gasteiger partial charge in [-0.05, 0) is 6.07 Å². The van der Waals surface area contributed by atoms with Crippen LogP contribution in [0.5, 0.6) is 0 Å². The molecule has 124 valence electrons. The van der Waals surface area contributed by atoms with E-state index in [1.54, 1.807) is 29.1 Å². The molecule has 0 saturated heterocycles. The molecule has 3 rings (SSSR count). The number of benzene rings is 1. The number of carbonyl (C=O) groups excluding carboxylic acids is 1. The lowest BCUT2D eigenvalue weighted by Gasteiger charge is -2.03. The van der Waals surface area contributed by atoms with Crippen LogP contribution in [0.4, 0.5) is 10.3 Å². The van der Waals surface area contributed by atoms with Crippen LogP contribution >= 0.6 is 11.6 Å². The second-order valence-electron chi connectivity index (χ2n) is 5.08. The van der Waals surface area contributed by atoms with Gasteiger partial charge in [0.15, 0.2) is 0 Å². The fourth-order valence-corrected chi connectivity index (χ4v) is 2.25. The van der Waals surface area contributed by atoms with Crippen molar-refractivity contribution in [1.29, 1.82) is 0 Å². The summed E-state index contributed by atoms with van der Waals surface area (Å²) in [7, 11) is 0. The van der Waals surface area contributed by atoms with Crippen molar-refractivity contribution >= 4 is 23.5 Å². The number of carbonyl (C=O) groups is 1. The van der Waals surface area contributed by atoms with Gasteiger partial charge in [-0.15, -0.1) is 5.10 Å². The van der Waals surface area contributed by atoms with Crippen molar-refractivity contribution in [3.63, 3.8) is 0 Å². The van der Waals surface area contributed by atoms with Gasteiger partial charge in [0.1, 0.15) is 12.1 Å². The fraction of sp³-hybridized carbons (Fsp3) is 0.200. The molecule has 0 aliphatic carbocycles. The minimum atomic E-state index is -0.309. The number of aromatic nitrogens is 5. The van der Waals surface area contributed by atoms with E-state index >= 15 is 0 Å². The molecule has 0 fully saturated rings. The molecule has 2 heterocycles. The van der Waals surface area contributed by atoms with Crippen LogP contribution in [0.1, 0.15) is 12.0 Å². The summed E-state index contributed by atoms with van der Waals surface area (Å²) < 4.78 is 16.6. The Hall–Kier alpha value is -2.74. The molecule has 7 nitrogen and oxygen atoms in total. The lowest BCUT2D eigenvalue weighted by atomic mass is 10.2. The molecule has 0 aliphatic heterocycles. The minimum Gasteiger partial charge on any atom is -0.293 e. The zero-order valence-corrected chi connectivity index (χ0v) is 13.3. The first-order chi connectivity index (χ1) is 11.6. The molecular weight excluding hydrogens is 335 g/mol. The van der Waals surface area contributed by atoms with Gasteiger partial charge >= 0.3 is 0 Å². The Morgan fingerprint density at radius 3 is 2.88 bits per heavy atom. The molecule has 2 aromatic heterocycles. The summed E-state index contributed by atoms with van der Waals surface area (Å²) in [5.41, 5.74) is 0.496. The van der Waals surface area contributed by atoms with E-state index < -0.39 is 0 Å². The van der Waals surface area contributed by atoms with Crippen molar-refractivity contribution in [2.75, 3.05) is 5.32 Å². The first-order valence-corrected chi connectivity index (χ1v) is 7.58. The van der Waals surface area contributed by atoms with Crippen LogP contribution < -0.4 is 5.32 Å². The number of hydrogen-bond donors (Lipinski definition) is 1. The highest BCUT2D eigenvalue weighted by molar-refractivity contribution is 6.30. The molecule has 3 aromatic rings. The van der Waals surface area contributed by atoms with E-state index in [0.717, 1.165) is 0 Å². The molecule has 0 radical (unpaired) electrons. The summed E-state index contributed by atoms with van der Waals surface area (Å²) in [5, 5.41) is 11.2. The quantitative estimate of drug-likeness (QED) is 0.741. The maximum Gasteiger partial charge on any atom is 0.248 e. The molecule has 9 heteroatoms. The zero-order valence-electron chi connectivity index (χ0n) is 12.6. The Morgan fingerprint density at radius 2 is 2.12 bits per heavy atom. The van der Waals surface area contributed by atoms with Crippen LogP contribution in [0.3, 0.4) is 0 Å². The van der Waals surface area contributed by atoms with E-state index in [-0.39, 0.29) is 30.6 Å². The molecule has 0 bridgehead atoms. The average Bonchev–Trinajstić information content (AvgIpc) is 3.17. The third-order valence-corrected chi connectivity index (χ3v) is 3.44. The second kappa shape index (κ2) is 7.22. The van der Waals surface area contributed by atoms with Crippen molar-refractivity contribution in [2.45, 2.75) is 19.5 Å². The molecule has 24 heavy (non-hydrogen) atoms. The number of hydrogen-bond acceptors (Lipinski definition) is 4. The van der Waals surface area contributed by atoms with E-state index in [9.17, 15) is 9.18 Å². The maximum absolute atomic E-state index is 13.6. The number of aryl methyl sites for hydroxylation is 1. The standard InChI is InChI=1S/C15H14ClFN6O/c16-12-7-19-22(9-12)6-5-14(24)20-15-18-10-23(21-15)8-11-3-1-2-4-13(11)17/h1-4,7,9-10H,5-6,8H2,(H,20,21,24). The molecule has 1 N–H and O–H groups in total. The lowest BCUT2D eigenvalue weighted by Crippen LogP contribution is -2.16. The van der Waals surface area contributed by atoms with E-state index in [2.05, 4.69) is 20.5 Å². The van der Waals surface area contributed by atoms with Crippen LogP contribution in [0, 0.1) is 5.82 Å². The number of nitrogens with one attached hydrogen (secondary N) is 1. The summed E-state index contributed by atoms with van der Waals surface area (Å²) in [5.74, 6) is -0.378. The van der Waals surface area contributed by atoms with Crippen LogP contribution in [-0.2, 0) is 17.9 Å². The van der Waals surface area contributed by atoms with Crippen molar-refractivity contribution in [3.05, 3.63) is 59.4 Å². The van der Waals surface area contributed by atoms with Crippen LogP contribution in [0.2, 0.25) is 5.02 Å². The van der Waals surface area contributed by atoms with Crippen LogP contribution in [0.15, 0.2) is 43.0 Å².